The zero-order valence-electron chi connectivity index (χ0n) is 12.7. The summed E-state index contributed by atoms with van der Waals surface area (Å²) < 4.78 is 10.3. The predicted octanol–water partition coefficient (Wildman–Crippen LogP) is 1.45. The van der Waals surface area contributed by atoms with Crippen molar-refractivity contribution in [3.63, 3.8) is 0 Å². The van der Waals surface area contributed by atoms with Crippen LogP contribution in [0, 0.1) is 0 Å². The van der Waals surface area contributed by atoms with Crippen molar-refractivity contribution in [3.8, 4) is 5.75 Å². The molecule has 0 fully saturated rings. The van der Waals surface area contributed by atoms with Crippen LogP contribution in [0.2, 0.25) is 0 Å². The number of hydrogen-bond donors (Lipinski definition) is 1. The Labute approximate surface area is 120 Å². The molecule has 1 N–H and O–H groups in total. The monoisotopic (exact) mass is 280 g/mol. The first-order chi connectivity index (χ1) is 9.58. The van der Waals surface area contributed by atoms with Crippen LogP contribution in [0.5, 0.6) is 5.75 Å². The largest absolute Gasteiger partial charge is 0.497 e. The van der Waals surface area contributed by atoms with Crippen molar-refractivity contribution in [1.29, 1.82) is 0 Å². The summed E-state index contributed by atoms with van der Waals surface area (Å²) in [5, 5.41) is 3.23. The van der Waals surface area contributed by atoms with Crippen LogP contribution in [0.3, 0.4) is 0 Å². The highest BCUT2D eigenvalue weighted by Crippen LogP contribution is 2.20. The molecule has 0 heterocycles. The van der Waals surface area contributed by atoms with Crippen molar-refractivity contribution in [2.45, 2.75) is 13.0 Å². The molecule has 0 saturated heterocycles. The Morgan fingerprint density at radius 2 is 2.15 bits per heavy atom. The third-order valence-corrected chi connectivity index (χ3v) is 2.86. The van der Waals surface area contributed by atoms with Crippen LogP contribution in [0.4, 0.5) is 0 Å². The van der Waals surface area contributed by atoms with Crippen LogP contribution in [0.15, 0.2) is 24.3 Å². The summed E-state index contributed by atoms with van der Waals surface area (Å²) in [5.74, 6) is 0.464. The zero-order valence-corrected chi connectivity index (χ0v) is 12.7. The highest BCUT2D eigenvalue weighted by atomic mass is 16.5. The first-order valence-corrected chi connectivity index (χ1v) is 6.77. The van der Waals surface area contributed by atoms with E-state index in [9.17, 15) is 4.79 Å². The molecular formula is C15H24N2O3. The number of benzene rings is 1. The van der Waals surface area contributed by atoms with E-state index in [-0.39, 0.29) is 5.97 Å². The van der Waals surface area contributed by atoms with Crippen LogP contribution < -0.4 is 10.1 Å². The number of methoxy groups -OCH3 is 1. The third kappa shape index (κ3) is 5.19. The van der Waals surface area contributed by atoms with Crippen molar-refractivity contribution in [2.75, 3.05) is 40.9 Å². The summed E-state index contributed by atoms with van der Waals surface area (Å²) in [6, 6.07) is 7.00. The van der Waals surface area contributed by atoms with E-state index in [1.54, 1.807) is 14.0 Å². The fraction of sp³-hybridized carbons (Fsp3) is 0.533. The number of hydrogen-bond acceptors (Lipinski definition) is 5. The minimum absolute atomic E-state index is 0.264. The van der Waals surface area contributed by atoms with Crippen LogP contribution in [-0.4, -0.2) is 51.8 Å². The highest BCUT2D eigenvalue weighted by Gasteiger charge is 2.21. The molecule has 1 unspecified atom stereocenters. The summed E-state index contributed by atoms with van der Waals surface area (Å²) in [6.07, 6.45) is 0. The second-order valence-electron chi connectivity index (χ2n) is 4.72. The summed E-state index contributed by atoms with van der Waals surface area (Å²) in [6.45, 7) is 3.72. The fourth-order valence-corrected chi connectivity index (χ4v) is 1.82. The Kier molecular flexibility index (Phi) is 7.04. The quantitative estimate of drug-likeness (QED) is 0.730. The molecule has 20 heavy (non-hydrogen) atoms. The average Bonchev–Trinajstić information content (AvgIpc) is 2.43. The van der Waals surface area contributed by atoms with Gasteiger partial charge in [-0.1, -0.05) is 12.1 Å². The van der Waals surface area contributed by atoms with Crippen molar-refractivity contribution in [3.05, 3.63) is 29.8 Å². The molecule has 5 heteroatoms. The van der Waals surface area contributed by atoms with Crippen LogP contribution in [-0.2, 0) is 9.53 Å². The van der Waals surface area contributed by atoms with Gasteiger partial charge in [0.25, 0.3) is 0 Å². The fourth-order valence-electron chi connectivity index (χ4n) is 1.82. The Morgan fingerprint density at radius 1 is 1.40 bits per heavy atom. The second-order valence-corrected chi connectivity index (χ2v) is 4.72. The van der Waals surface area contributed by atoms with E-state index >= 15 is 0 Å². The van der Waals surface area contributed by atoms with E-state index in [1.165, 1.54) is 0 Å². The minimum Gasteiger partial charge on any atom is -0.497 e. The van der Waals surface area contributed by atoms with Gasteiger partial charge in [0.1, 0.15) is 11.8 Å². The minimum atomic E-state index is -0.468. The van der Waals surface area contributed by atoms with Crippen molar-refractivity contribution in [2.24, 2.45) is 0 Å². The van der Waals surface area contributed by atoms with Crippen LogP contribution in [0.1, 0.15) is 18.5 Å². The lowest BCUT2D eigenvalue weighted by Gasteiger charge is -2.19. The Bertz CT molecular complexity index is 421. The van der Waals surface area contributed by atoms with Gasteiger partial charge in [0, 0.05) is 13.1 Å². The van der Waals surface area contributed by atoms with E-state index in [1.807, 2.05) is 38.4 Å². The first-order valence-electron chi connectivity index (χ1n) is 6.77. The molecule has 0 radical (unpaired) electrons. The molecular weight excluding hydrogens is 256 g/mol. The van der Waals surface area contributed by atoms with E-state index < -0.39 is 6.04 Å². The lowest BCUT2D eigenvalue weighted by Crippen LogP contribution is -2.35. The zero-order chi connectivity index (χ0) is 15.0. The van der Waals surface area contributed by atoms with E-state index in [0.29, 0.717) is 13.2 Å². The van der Waals surface area contributed by atoms with Gasteiger partial charge in [-0.25, -0.2) is 4.79 Å². The third-order valence-electron chi connectivity index (χ3n) is 2.86. The van der Waals surface area contributed by atoms with Gasteiger partial charge in [-0.3, -0.25) is 5.32 Å². The first kappa shape index (κ1) is 16.5. The highest BCUT2D eigenvalue weighted by molar-refractivity contribution is 5.77. The van der Waals surface area contributed by atoms with Gasteiger partial charge in [-0.15, -0.1) is 0 Å². The van der Waals surface area contributed by atoms with Crippen LogP contribution in [0.25, 0.3) is 0 Å². The second kappa shape index (κ2) is 8.55. The standard InChI is InChI=1S/C15H24N2O3/c1-5-20-15(18)14(16-9-10-17(2)3)12-7-6-8-13(11-12)19-4/h6-8,11,14,16H,5,9-10H2,1-4H3. The molecule has 5 nitrogen and oxygen atoms in total. The van der Waals surface area contributed by atoms with E-state index in [0.717, 1.165) is 17.9 Å². The number of carbonyl (C=O) groups excluding carboxylic acids is 1. The molecule has 112 valence electrons. The van der Waals surface area contributed by atoms with Gasteiger partial charge in [-0.05, 0) is 38.7 Å². The molecule has 0 bridgehead atoms. The van der Waals surface area contributed by atoms with Gasteiger partial charge in [0.2, 0.25) is 0 Å². The van der Waals surface area contributed by atoms with E-state index in [2.05, 4.69) is 10.2 Å². The average molecular weight is 280 g/mol. The Morgan fingerprint density at radius 3 is 2.75 bits per heavy atom. The molecule has 1 aromatic carbocycles. The van der Waals surface area contributed by atoms with Gasteiger partial charge in [0.05, 0.1) is 13.7 Å². The Hall–Kier alpha value is -1.59. The maximum Gasteiger partial charge on any atom is 0.327 e. The molecule has 0 spiro atoms. The SMILES string of the molecule is CCOC(=O)C(NCCN(C)C)c1cccc(OC)c1. The number of ether oxygens (including phenoxy) is 2. The maximum atomic E-state index is 12.1. The number of nitrogens with one attached hydrogen (secondary N) is 1. The Balaban J connectivity index is 2.82. The molecule has 0 saturated carbocycles. The van der Waals surface area contributed by atoms with Crippen molar-refractivity contribution in [1.82, 2.24) is 10.2 Å². The lowest BCUT2D eigenvalue weighted by atomic mass is 10.1. The molecule has 0 amide bonds. The number of carbonyl (C=O) groups is 1. The summed E-state index contributed by atoms with van der Waals surface area (Å²) in [7, 11) is 5.59. The molecule has 0 aliphatic rings. The van der Waals surface area contributed by atoms with Gasteiger partial charge in [0.15, 0.2) is 0 Å². The molecule has 0 aliphatic heterocycles. The molecule has 0 aromatic heterocycles. The normalized spacial score (nSPS) is 12.2. The van der Waals surface area contributed by atoms with E-state index in [4.69, 9.17) is 9.47 Å². The number of likely N-dealkylation sites (N-methyl/N-ethyl adjacent to an activating group) is 1. The molecule has 1 rings (SSSR count). The van der Waals surface area contributed by atoms with Crippen molar-refractivity contribution >= 4 is 5.97 Å². The molecule has 1 aromatic rings. The van der Waals surface area contributed by atoms with Gasteiger partial charge in [-0.2, -0.15) is 0 Å². The summed E-state index contributed by atoms with van der Waals surface area (Å²) >= 11 is 0. The van der Waals surface area contributed by atoms with Crippen molar-refractivity contribution < 1.29 is 14.3 Å². The predicted molar refractivity (Wildman–Crippen MR) is 78.9 cm³/mol. The smallest absolute Gasteiger partial charge is 0.327 e. The maximum absolute atomic E-state index is 12.1. The summed E-state index contributed by atoms with van der Waals surface area (Å²) in [4.78, 5) is 14.1. The topological polar surface area (TPSA) is 50.8 Å². The lowest BCUT2D eigenvalue weighted by molar-refractivity contribution is -0.145. The van der Waals surface area contributed by atoms with Gasteiger partial charge < -0.3 is 14.4 Å². The van der Waals surface area contributed by atoms with Gasteiger partial charge >= 0.3 is 5.97 Å². The number of esters is 1. The molecule has 0 aliphatic carbocycles. The number of rotatable bonds is 8. The summed E-state index contributed by atoms with van der Waals surface area (Å²) in [5.41, 5.74) is 0.849. The van der Waals surface area contributed by atoms with Crippen LogP contribution >= 0.6 is 0 Å². The molecule has 1 atom stereocenters. The number of nitrogens with zero attached hydrogens (tertiary/aromatic N) is 1.